The van der Waals surface area contributed by atoms with Gasteiger partial charge in [-0.3, -0.25) is 9.59 Å². The van der Waals surface area contributed by atoms with Gasteiger partial charge in [-0.2, -0.15) is 0 Å². The van der Waals surface area contributed by atoms with Gasteiger partial charge in [0.15, 0.2) is 0 Å². The molecule has 0 saturated heterocycles. The SMILES string of the molecule is Cc1cccc(NC(=O)c2c[nH]c3c(Cl)cccc3c2=O)c1C. The Labute approximate surface area is 138 Å². The highest BCUT2D eigenvalue weighted by Gasteiger charge is 2.15. The number of hydrogen-bond acceptors (Lipinski definition) is 2. The highest BCUT2D eigenvalue weighted by Crippen LogP contribution is 2.20. The Morgan fingerprint density at radius 3 is 2.65 bits per heavy atom. The van der Waals surface area contributed by atoms with Gasteiger partial charge < -0.3 is 10.3 Å². The summed E-state index contributed by atoms with van der Waals surface area (Å²) < 4.78 is 0. The summed E-state index contributed by atoms with van der Waals surface area (Å²) in [6.07, 6.45) is 1.40. The monoisotopic (exact) mass is 326 g/mol. The number of hydrogen-bond donors (Lipinski definition) is 2. The van der Waals surface area contributed by atoms with E-state index < -0.39 is 5.91 Å². The molecule has 3 aromatic rings. The predicted molar refractivity (Wildman–Crippen MR) is 93.4 cm³/mol. The van der Waals surface area contributed by atoms with Crippen molar-refractivity contribution in [2.45, 2.75) is 13.8 Å². The Balaban J connectivity index is 2.03. The lowest BCUT2D eigenvalue weighted by Gasteiger charge is -2.10. The lowest BCUT2D eigenvalue weighted by molar-refractivity contribution is 0.102. The largest absolute Gasteiger partial charge is 0.359 e. The first kappa shape index (κ1) is 15.3. The van der Waals surface area contributed by atoms with E-state index in [1.165, 1.54) is 6.20 Å². The molecule has 0 unspecified atom stereocenters. The Hall–Kier alpha value is -2.59. The lowest BCUT2D eigenvalue weighted by Crippen LogP contribution is -2.22. The van der Waals surface area contributed by atoms with E-state index in [9.17, 15) is 9.59 Å². The third-order valence-corrected chi connectivity index (χ3v) is 4.28. The zero-order valence-corrected chi connectivity index (χ0v) is 13.5. The highest BCUT2D eigenvalue weighted by molar-refractivity contribution is 6.35. The van der Waals surface area contributed by atoms with Gasteiger partial charge in [0, 0.05) is 17.3 Å². The Kier molecular flexibility index (Phi) is 3.92. The van der Waals surface area contributed by atoms with Gasteiger partial charge in [-0.25, -0.2) is 0 Å². The van der Waals surface area contributed by atoms with E-state index in [4.69, 9.17) is 11.6 Å². The van der Waals surface area contributed by atoms with Crippen molar-refractivity contribution in [1.29, 1.82) is 0 Å². The molecule has 0 fully saturated rings. The molecular weight excluding hydrogens is 312 g/mol. The number of H-pyrrole nitrogens is 1. The van der Waals surface area contributed by atoms with Crippen molar-refractivity contribution >= 4 is 34.1 Å². The van der Waals surface area contributed by atoms with E-state index in [-0.39, 0.29) is 11.0 Å². The molecule has 0 aliphatic heterocycles. The number of carbonyl (C=O) groups is 1. The normalized spacial score (nSPS) is 10.7. The molecule has 116 valence electrons. The molecule has 5 heteroatoms. The van der Waals surface area contributed by atoms with Crippen LogP contribution in [0.15, 0.2) is 47.4 Å². The number of pyridine rings is 1. The maximum absolute atomic E-state index is 12.5. The summed E-state index contributed by atoms with van der Waals surface area (Å²) in [5.74, 6) is -0.443. The number of aryl methyl sites for hydroxylation is 1. The maximum Gasteiger partial charge on any atom is 0.261 e. The number of anilines is 1. The smallest absolute Gasteiger partial charge is 0.261 e. The number of fused-ring (bicyclic) bond motifs is 1. The lowest BCUT2D eigenvalue weighted by atomic mass is 10.1. The van der Waals surface area contributed by atoms with Gasteiger partial charge in [0.25, 0.3) is 5.91 Å². The zero-order chi connectivity index (χ0) is 16.6. The predicted octanol–water partition coefficient (Wildman–Crippen LogP) is 4.05. The van der Waals surface area contributed by atoms with E-state index in [1.54, 1.807) is 18.2 Å². The number of nitrogens with one attached hydrogen (secondary N) is 2. The molecule has 23 heavy (non-hydrogen) atoms. The van der Waals surface area contributed by atoms with Gasteiger partial charge in [-0.05, 0) is 43.2 Å². The summed E-state index contributed by atoms with van der Waals surface area (Å²) in [6, 6.07) is 10.7. The average Bonchev–Trinajstić information content (AvgIpc) is 2.53. The van der Waals surface area contributed by atoms with Gasteiger partial charge in [0.05, 0.1) is 10.5 Å². The maximum atomic E-state index is 12.5. The fourth-order valence-electron chi connectivity index (χ4n) is 2.46. The van der Waals surface area contributed by atoms with Crippen LogP contribution < -0.4 is 10.7 Å². The van der Waals surface area contributed by atoms with Crippen molar-refractivity contribution in [3.63, 3.8) is 0 Å². The van der Waals surface area contributed by atoms with Crippen molar-refractivity contribution in [3.8, 4) is 0 Å². The number of para-hydroxylation sites is 1. The Morgan fingerprint density at radius 2 is 1.87 bits per heavy atom. The number of amides is 1. The highest BCUT2D eigenvalue weighted by atomic mass is 35.5. The van der Waals surface area contributed by atoms with E-state index >= 15 is 0 Å². The van der Waals surface area contributed by atoms with E-state index in [0.717, 1.165) is 11.1 Å². The van der Waals surface area contributed by atoms with Crippen LogP contribution in [0.5, 0.6) is 0 Å². The first-order valence-corrected chi connectivity index (χ1v) is 7.54. The number of benzene rings is 2. The summed E-state index contributed by atoms with van der Waals surface area (Å²) in [5, 5.41) is 3.64. The third-order valence-electron chi connectivity index (χ3n) is 3.96. The fraction of sp³-hybridized carbons (Fsp3) is 0.111. The molecule has 0 aliphatic carbocycles. The molecule has 1 heterocycles. The summed E-state index contributed by atoms with van der Waals surface area (Å²) in [7, 11) is 0. The van der Waals surface area contributed by atoms with Gasteiger partial charge in [-0.15, -0.1) is 0 Å². The zero-order valence-electron chi connectivity index (χ0n) is 12.7. The van der Waals surface area contributed by atoms with Gasteiger partial charge >= 0.3 is 0 Å². The second-order valence-electron chi connectivity index (χ2n) is 5.40. The second-order valence-corrected chi connectivity index (χ2v) is 5.80. The van der Waals surface area contributed by atoms with Crippen molar-refractivity contribution in [2.24, 2.45) is 0 Å². The number of rotatable bonds is 2. The van der Waals surface area contributed by atoms with Crippen LogP contribution in [0.4, 0.5) is 5.69 Å². The molecular formula is C18H15ClN2O2. The topological polar surface area (TPSA) is 62.0 Å². The number of aromatic nitrogens is 1. The van der Waals surface area contributed by atoms with Crippen LogP contribution in [0.2, 0.25) is 5.02 Å². The van der Waals surface area contributed by atoms with Crippen molar-refractivity contribution in [3.05, 3.63) is 74.5 Å². The van der Waals surface area contributed by atoms with Crippen LogP contribution in [0.1, 0.15) is 21.5 Å². The molecule has 0 aliphatic rings. The minimum atomic E-state index is -0.443. The minimum absolute atomic E-state index is 0.0562. The van der Waals surface area contributed by atoms with E-state index in [2.05, 4.69) is 10.3 Å². The Bertz CT molecular complexity index is 976. The second kappa shape index (κ2) is 5.89. The van der Waals surface area contributed by atoms with Crippen molar-refractivity contribution < 1.29 is 4.79 Å². The average molecular weight is 327 g/mol. The standard InChI is InChI=1S/C18H15ClN2O2/c1-10-5-3-8-15(11(10)2)21-18(23)13-9-20-16-12(17(13)22)6-4-7-14(16)19/h3-9H,1-2H3,(H,20,22)(H,21,23). The van der Waals surface area contributed by atoms with Gasteiger partial charge in [0.2, 0.25) is 5.43 Å². The van der Waals surface area contributed by atoms with Crippen LogP contribution in [0.3, 0.4) is 0 Å². The molecule has 0 atom stereocenters. The van der Waals surface area contributed by atoms with Crippen LogP contribution in [0.25, 0.3) is 10.9 Å². The van der Waals surface area contributed by atoms with Crippen LogP contribution in [-0.4, -0.2) is 10.9 Å². The molecule has 1 amide bonds. The molecule has 0 radical (unpaired) electrons. The molecule has 4 nitrogen and oxygen atoms in total. The number of halogens is 1. The number of carbonyl (C=O) groups excluding carboxylic acids is 1. The summed E-state index contributed by atoms with van der Waals surface area (Å²) in [4.78, 5) is 27.9. The quantitative estimate of drug-likeness (QED) is 0.746. The van der Waals surface area contributed by atoms with Gasteiger partial charge in [-0.1, -0.05) is 29.8 Å². The molecule has 0 bridgehead atoms. The Morgan fingerprint density at radius 1 is 1.13 bits per heavy atom. The minimum Gasteiger partial charge on any atom is -0.359 e. The van der Waals surface area contributed by atoms with E-state index in [0.29, 0.717) is 21.6 Å². The molecule has 2 aromatic carbocycles. The van der Waals surface area contributed by atoms with Crippen LogP contribution in [-0.2, 0) is 0 Å². The van der Waals surface area contributed by atoms with Crippen LogP contribution >= 0.6 is 11.6 Å². The fourth-order valence-corrected chi connectivity index (χ4v) is 2.69. The molecule has 3 rings (SSSR count). The molecule has 2 N–H and O–H groups in total. The van der Waals surface area contributed by atoms with Gasteiger partial charge in [0.1, 0.15) is 5.56 Å². The van der Waals surface area contributed by atoms with Crippen LogP contribution in [0, 0.1) is 13.8 Å². The third kappa shape index (κ3) is 2.73. The van der Waals surface area contributed by atoms with Crippen molar-refractivity contribution in [2.75, 3.05) is 5.32 Å². The summed E-state index contributed by atoms with van der Waals surface area (Å²) in [6.45, 7) is 3.89. The van der Waals surface area contributed by atoms with Crippen molar-refractivity contribution in [1.82, 2.24) is 4.98 Å². The molecule has 0 saturated carbocycles. The number of aromatic amines is 1. The summed E-state index contributed by atoms with van der Waals surface area (Å²) >= 11 is 6.06. The van der Waals surface area contributed by atoms with E-state index in [1.807, 2.05) is 32.0 Å². The summed E-state index contributed by atoms with van der Waals surface area (Å²) in [5.41, 5.74) is 2.98. The molecule has 0 spiro atoms. The first-order chi connectivity index (χ1) is 11.0. The first-order valence-electron chi connectivity index (χ1n) is 7.16. The molecule has 1 aromatic heterocycles.